The Balaban J connectivity index is 2.19. The molecule has 1 aliphatic rings. The molecule has 196 valence electrons. The molecule has 3 atom stereocenters. The van der Waals surface area contributed by atoms with E-state index in [0.717, 1.165) is 6.42 Å². The van der Waals surface area contributed by atoms with Gasteiger partial charge in [-0.15, -0.1) is 0 Å². The minimum absolute atomic E-state index is 0.0686. The van der Waals surface area contributed by atoms with Gasteiger partial charge in [-0.2, -0.15) is 0 Å². The van der Waals surface area contributed by atoms with Crippen LogP contribution < -0.4 is 5.32 Å². The van der Waals surface area contributed by atoms with Gasteiger partial charge in [-0.05, 0) is 51.8 Å². The van der Waals surface area contributed by atoms with Crippen LogP contribution in [0.5, 0.6) is 0 Å². The Labute approximate surface area is 219 Å². The fourth-order valence-electron chi connectivity index (χ4n) is 5.06. The van der Waals surface area contributed by atoms with E-state index in [2.05, 4.69) is 104 Å². The summed E-state index contributed by atoms with van der Waals surface area (Å²) in [6.45, 7) is 21.5. The number of aliphatic imine (C=N–C) groups is 1. The number of ether oxygens (including phenoxy) is 1. The number of carbonyl (C=O) groups is 1. The summed E-state index contributed by atoms with van der Waals surface area (Å²) >= 11 is 0. The molecule has 4 nitrogen and oxygen atoms in total. The molecule has 0 fully saturated rings. The fraction of sp³-hybridized carbons (Fsp3) is 0.562. The molecule has 2 aromatic carbocycles. The van der Waals surface area contributed by atoms with E-state index in [1.807, 2.05) is 6.07 Å². The molecule has 0 radical (unpaired) electrons. The van der Waals surface area contributed by atoms with Crippen molar-refractivity contribution in [2.45, 2.75) is 112 Å². The summed E-state index contributed by atoms with van der Waals surface area (Å²) in [5.41, 5.74) is 6.34. The van der Waals surface area contributed by atoms with Crippen molar-refractivity contribution >= 4 is 11.8 Å². The number of hydrogen-bond acceptors (Lipinski definition) is 3. The van der Waals surface area contributed by atoms with Crippen LogP contribution in [-0.2, 0) is 16.0 Å². The second kappa shape index (κ2) is 11.2. The van der Waals surface area contributed by atoms with Crippen molar-refractivity contribution in [3.05, 3.63) is 70.3 Å². The first kappa shape index (κ1) is 28.0. The monoisotopic (exact) mass is 490 g/mol. The molecule has 0 saturated heterocycles. The zero-order valence-electron chi connectivity index (χ0n) is 24.0. The smallest absolute Gasteiger partial charge is 0.217 e. The Bertz CT molecular complexity index is 1050. The first-order valence-electron chi connectivity index (χ1n) is 13.5. The summed E-state index contributed by atoms with van der Waals surface area (Å²) in [6.07, 6.45) is 0.585. The van der Waals surface area contributed by atoms with E-state index in [1.54, 1.807) is 6.92 Å². The maximum absolute atomic E-state index is 12.1. The molecule has 4 heteroatoms. The molecular weight excluding hydrogens is 444 g/mol. The second-order valence-corrected chi connectivity index (χ2v) is 12.3. The van der Waals surface area contributed by atoms with Crippen LogP contribution in [0.4, 0.5) is 0 Å². The van der Waals surface area contributed by atoms with E-state index >= 15 is 0 Å². The number of amides is 1. The molecule has 36 heavy (non-hydrogen) atoms. The largest absolute Gasteiger partial charge is 0.469 e. The lowest BCUT2D eigenvalue weighted by Gasteiger charge is -2.32. The van der Waals surface area contributed by atoms with E-state index in [1.165, 1.54) is 27.8 Å². The van der Waals surface area contributed by atoms with Gasteiger partial charge in [-0.3, -0.25) is 4.79 Å². The van der Waals surface area contributed by atoms with E-state index in [-0.39, 0.29) is 29.5 Å². The van der Waals surface area contributed by atoms with Crippen molar-refractivity contribution in [2.75, 3.05) is 0 Å². The number of rotatable bonds is 8. The van der Waals surface area contributed by atoms with Crippen LogP contribution in [0, 0.1) is 5.41 Å². The highest BCUT2D eigenvalue weighted by Gasteiger charge is 2.42. The number of benzene rings is 2. The number of nitrogens with one attached hydrogen (secondary N) is 1. The topological polar surface area (TPSA) is 50.7 Å². The normalized spacial score (nSPS) is 19.0. The van der Waals surface area contributed by atoms with Crippen molar-refractivity contribution in [1.29, 1.82) is 0 Å². The number of carbonyl (C=O) groups excluding carboxylic acids is 1. The molecule has 0 bridgehead atoms. The van der Waals surface area contributed by atoms with Gasteiger partial charge >= 0.3 is 0 Å². The summed E-state index contributed by atoms with van der Waals surface area (Å²) < 4.78 is 6.84. The van der Waals surface area contributed by atoms with Crippen LogP contribution in [-0.4, -0.2) is 23.9 Å². The van der Waals surface area contributed by atoms with Crippen molar-refractivity contribution in [3.8, 4) is 0 Å². The van der Waals surface area contributed by atoms with Crippen LogP contribution in [0.1, 0.15) is 121 Å². The molecule has 0 aliphatic carbocycles. The van der Waals surface area contributed by atoms with Gasteiger partial charge in [0.2, 0.25) is 11.8 Å². The molecule has 0 aromatic heterocycles. The molecule has 0 saturated carbocycles. The number of nitrogens with zero attached hydrogens (tertiary/aromatic N) is 1. The van der Waals surface area contributed by atoms with Crippen LogP contribution in [0.2, 0.25) is 0 Å². The minimum Gasteiger partial charge on any atom is -0.469 e. The average molecular weight is 491 g/mol. The standard InChI is InChI=1S/C32H46N2O2/c1-19(2)24-17-25(20(3)4)28(26(18-24)21(5)6)29-27(16-23-14-12-11-13-15-23)34-31(36-29)30(32(8,9)10)33-22(7)35/h11-15,17-21,27,29-30H,16H2,1-10H3,(H,33,35)/t27-,29+,30+/m0/s1. The molecule has 3 rings (SSSR count). The zero-order chi connectivity index (χ0) is 26.8. The highest BCUT2D eigenvalue weighted by Crippen LogP contribution is 2.43. The lowest BCUT2D eigenvalue weighted by atomic mass is 9.80. The maximum atomic E-state index is 12.1. The predicted molar refractivity (Wildman–Crippen MR) is 151 cm³/mol. The van der Waals surface area contributed by atoms with Gasteiger partial charge in [0, 0.05) is 12.5 Å². The molecule has 0 spiro atoms. The zero-order valence-corrected chi connectivity index (χ0v) is 24.0. The summed E-state index contributed by atoms with van der Waals surface area (Å²) in [4.78, 5) is 17.3. The van der Waals surface area contributed by atoms with Gasteiger partial charge in [0.25, 0.3) is 0 Å². The first-order valence-corrected chi connectivity index (χ1v) is 13.5. The Morgan fingerprint density at radius 1 is 0.944 bits per heavy atom. The van der Waals surface area contributed by atoms with Crippen molar-refractivity contribution in [1.82, 2.24) is 5.32 Å². The average Bonchev–Trinajstić information content (AvgIpc) is 3.18. The lowest BCUT2D eigenvalue weighted by Crippen LogP contribution is -2.48. The third-order valence-corrected chi connectivity index (χ3v) is 7.10. The van der Waals surface area contributed by atoms with Gasteiger partial charge in [0.15, 0.2) is 0 Å². The molecule has 1 N–H and O–H groups in total. The van der Waals surface area contributed by atoms with Gasteiger partial charge in [0.05, 0.1) is 6.04 Å². The quantitative estimate of drug-likeness (QED) is 0.412. The van der Waals surface area contributed by atoms with Gasteiger partial charge in [-0.25, -0.2) is 4.99 Å². The van der Waals surface area contributed by atoms with E-state index in [0.29, 0.717) is 23.7 Å². The summed E-state index contributed by atoms with van der Waals surface area (Å²) in [7, 11) is 0. The van der Waals surface area contributed by atoms with Gasteiger partial charge in [-0.1, -0.05) is 105 Å². The molecule has 1 heterocycles. The highest BCUT2D eigenvalue weighted by atomic mass is 16.5. The molecule has 1 amide bonds. The van der Waals surface area contributed by atoms with Gasteiger partial charge in [0.1, 0.15) is 12.1 Å². The second-order valence-electron chi connectivity index (χ2n) is 12.3. The first-order chi connectivity index (χ1) is 16.8. The maximum Gasteiger partial charge on any atom is 0.217 e. The van der Waals surface area contributed by atoms with Crippen molar-refractivity contribution < 1.29 is 9.53 Å². The van der Waals surface area contributed by atoms with Crippen LogP contribution >= 0.6 is 0 Å². The SMILES string of the molecule is CC(=O)N[C@H](C1=N[C@@H](Cc2ccccc2)[C@H](c2c(C(C)C)cc(C(C)C)cc2C(C)C)O1)C(C)(C)C. The van der Waals surface area contributed by atoms with E-state index in [9.17, 15) is 4.79 Å². The molecule has 1 aliphatic heterocycles. The fourth-order valence-corrected chi connectivity index (χ4v) is 5.06. The van der Waals surface area contributed by atoms with Crippen molar-refractivity contribution in [2.24, 2.45) is 10.4 Å². The number of hydrogen-bond donors (Lipinski definition) is 1. The van der Waals surface area contributed by atoms with Crippen LogP contribution in [0.15, 0.2) is 47.5 Å². The molecule has 0 unspecified atom stereocenters. The van der Waals surface area contributed by atoms with Gasteiger partial charge < -0.3 is 10.1 Å². The third kappa shape index (κ3) is 6.38. The third-order valence-electron chi connectivity index (χ3n) is 7.10. The summed E-state index contributed by atoms with van der Waals surface area (Å²) in [5.74, 6) is 1.73. The van der Waals surface area contributed by atoms with Crippen molar-refractivity contribution in [3.63, 3.8) is 0 Å². The Morgan fingerprint density at radius 3 is 1.94 bits per heavy atom. The summed E-state index contributed by atoms with van der Waals surface area (Å²) in [6, 6.07) is 14.9. The molecule has 2 aromatic rings. The lowest BCUT2D eigenvalue weighted by molar-refractivity contribution is -0.120. The summed E-state index contributed by atoms with van der Waals surface area (Å²) in [5, 5.41) is 3.12. The minimum atomic E-state index is -0.293. The van der Waals surface area contributed by atoms with E-state index < -0.39 is 0 Å². The highest BCUT2D eigenvalue weighted by molar-refractivity contribution is 5.89. The Hall–Kier alpha value is -2.62. The molecular formula is C32H46N2O2. The van der Waals surface area contributed by atoms with Crippen LogP contribution in [0.3, 0.4) is 0 Å². The van der Waals surface area contributed by atoms with E-state index in [4.69, 9.17) is 9.73 Å². The van der Waals surface area contributed by atoms with Crippen LogP contribution in [0.25, 0.3) is 0 Å². The Morgan fingerprint density at radius 2 is 1.50 bits per heavy atom. The predicted octanol–water partition coefficient (Wildman–Crippen LogP) is 7.69. The Kier molecular flexibility index (Phi) is 8.69.